The second-order valence-electron chi connectivity index (χ2n) is 9.57. The van der Waals surface area contributed by atoms with Crippen molar-refractivity contribution < 1.29 is 27.8 Å². The predicted molar refractivity (Wildman–Crippen MR) is 114 cm³/mol. The number of allylic oxidation sites excluding steroid dienone is 1. The largest absolute Gasteiger partial charge is 0.573 e. The number of rotatable bonds is 2. The zero-order valence-corrected chi connectivity index (χ0v) is 17.8. The smallest absolute Gasteiger partial charge is 0.508 e. The second kappa shape index (κ2) is 7.39. The maximum atomic E-state index is 13.4. The molecule has 5 rings (SSSR count). The fourth-order valence-corrected chi connectivity index (χ4v) is 6.34. The van der Waals surface area contributed by atoms with Gasteiger partial charge in [-0.05, 0) is 102 Å². The number of Topliss-reactive ketones (excluding diaryl/α,β-unsaturated/α-hetero) is 1. The first kappa shape index (κ1) is 21.1. The van der Waals surface area contributed by atoms with Crippen LogP contribution in [-0.4, -0.2) is 17.3 Å². The first-order chi connectivity index (χ1) is 15.1. The summed E-state index contributed by atoms with van der Waals surface area (Å²) in [6, 6.07) is 11.3. The molecule has 4 unspecified atom stereocenters. The first-order valence-corrected chi connectivity index (χ1v) is 11.1. The maximum Gasteiger partial charge on any atom is 0.573 e. The van der Waals surface area contributed by atoms with Crippen molar-refractivity contribution in [1.29, 1.82) is 0 Å². The van der Waals surface area contributed by atoms with Gasteiger partial charge in [-0.15, -0.1) is 13.2 Å². The molecule has 32 heavy (non-hydrogen) atoms. The van der Waals surface area contributed by atoms with Gasteiger partial charge in [0.1, 0.15) is 11.5 Å². The fourth-order valence-electron chi connectivity index (χ4n) is 6.34. The van der Waals surface area contributed by atoms with Gasteiger partial charge >= 0.3 is 6.36 Å². The number of halogens is 3. The van der Waals surface area contributed by atoms with Crippen molar-refractivity contribution in [3.8, 4) is 11.5 Å². The maximum absolute atomic E-state index is 13.4. The lowest BCUT2D eigenvalue weighted by Crippen LogP contribution is -2.42. The molecule has 2 saturated carbocycles. The van der Waals surface area contributed by atoms with Crippen molar-refractivity contribution >= 4 is 11.9 Å². The standard InChI is InChI=1S/C26H25F3O3/c1-25-11-10-21-20-9-5-18(30)13-16(20)4-8-22(21)23(25)14-17(24(25)31)12-15-2-6-19(7-3-15)32-26(27,28)29/h2-3,5-7,9,12-13,21-23,30H,4,8,10-11,14H2,1H3/b17-12+. The Bertz CT molecular complexity index is 1090. The van der Waals surface area contributed by atoms with Crippen molar-refractivity contribution in [2.45, 2.75) is 51.3 Å². The van der Waals surface area contributed by atoms with Crippen LogP contribution in [0.1, 0.15) is 55.2 Å². The van der Waals surface area contributed by atoms with E-state index in [1.54, 1.807) is 18.2 Å². The summed E-state index contributed by atoms with van der Waals surface area (Å²) in [6.07, 6.45) is 1.50. The first-order valence-electron chi connectivity index (χ1n) is 11.1. The molecule has 0 heterocycles. The van der Waals surface area contributed by atoms with E-state index in [4.69, 9.17) is 0 Å². The van der Waals surface area contributed by atoms with Crippen molar-refractivity contribution in [2.75, 3.05) is 0 Å². The number of phenols is 1. The monoisotopic (exact) mass is 442 g/mol. The van der Waals surface area contributed by atoms with Crippen molar-refractivity contribution in [3.63, 3.8) is 0 Å². The SMILES string of the molecule is CC12CCC3c4ccc(O)cc4CCC3C1C/C(=C\c1ccc(OC(F)(F)F)cc1)C2=O. The van der Waals surface area contributed by atoms with Crippen molar-refractivity contribution in [3.05, 3.63) is 64.7 Å². The van der Waals surface area contributed by atoms with Gasteiger partial charge in [-0.1, -0.05) is 25.1 Å². The van der Waals surface area contributed by atoms with Crippen LogP contribution in [0.2, 0.25) is 0 Å². The molecule has 0 bridgehead atoms. The Morgan fingerprint density at radius 2 is 1.88 bits per heavy atom. The summed E-state index contributed by atoms with van der Waals surface area (Å²) in [7, 11) is 0. The topological polar surface area (TPSA) is 46.5 Å². The number of aromatic hydroxyl groups is 1. The quantitative estimate of drug-likeness (QED) is 0.547. The molecule has 4 atom stereocenters. The Morgan fingerprint density at radius 3 is 2.59 bits per heavy atom. The summed E-state index contributed by atoms with van der Waals surface area (Å²) in [6.45, 7) is 2.09. The van der Waals surface area contributed by atoms with Gasteiger partial charge in [0.25, 0.3) is 0 Å². The third-order valence-corrected chi connectivity index (χ3v) is 7.80. The van der Waals surface area contributed by atoms with Gasteiger partial charge < -0.3 is 9.84 Å². The molecule has 3 aliphatic rings. The Morgan fingerprint density at radius 1 is 1.12 bits per heavy atom. The summed E-state index contributed by atoms with van der Waals surface area (Å²) < 4.78 is 41.1. The lowest BCUT2D eigenvalue weighted by molar-refractivity contribution is -0.274. The molecule has 0 amide bonds. The Balaban J connectivity index is 1.40. The average molecular weight is 442 g/mol. The minimum absolute atomic E-state index is 0.174. The van der Waals surface area contributed by atoms with E-state index in [-0.39, 0.29) is 22.9 Å². The number of alkyl halides is 3. The van der Waals surface area contributed by atoms with Crippen molar-refractivity contribution in [1.82, 2.24) is 0 Å². The lowest BCUT2D eigenvalue weighted by Gasteiger charge is -2.48. The van der Waals surface area contributed by atoms with Gasteiger partial charge in [-0.2, -0.15) is 0 Å². The molecule has 3 aliphatic carbocycles. The molecule has 2 fully saturated rings. The molecule has 0 aliphatic heterocycles. The van der Waals surface area contributed by atoms with Crippen LogP contribution >= 0.6 is 0 Å². The highest BCUT2D eigenvalue weighted by molar-refractivity contribution is 6.06. The van der Waals surface area contributed by atoms with E-state index < -0.39 is 6.36 Å². The molecular weight excluding hydrogens is 417 g/mol. The van der Waals surface area contributed by atoms with Gasteiger partial charge in [0, 0.05) is 5.41 Å². The zero-order valence-electron chi connectivity index (χ0n) is 17.8. The number of phenolic OH excluding ortho intramolecular Hbond substituents is 1. The normalized spacial score (nSPS) is 30.6. The van der Waals surface area contributed by atoms with Crippen LogP contribution in [0, 0.1) is 17.3 Å². The molecule has 1 N–H and O–H groups in total. The van der Waals surface area contributed by atoms with Gasteiger partial charge in [0.15, 0.2) is 5.78 Å². The molecule has 6 heteroatoms. The molecule has 0 spiro atoms. The number of carbonyl (C=O) groups is 1. The van der Waals surface area contributed by atoms with E-state index in [1.807, 2.05) is 18.2 Å². The number of benzene rings is 2. The number of aryl methyl sites for hydroxylation is 1. The van der Waals surface area contributed by atoms with Crippen LogP contribution in [0.5, 0.6) is 11.5 Å². The molecule has 0 radical (unpaired) electrons. The fraction of sp³-hybridized carbons (Fsp3) is 0.423. The van der Waals surface area contributed by atoms with Gasteiger partial charge in [0.05, 0.1) is 0 Å². The van der Waals surface area contributed by atoms with Crippen molar-refractivity contribution in [2.24, 2.45) is 17.3 Å². The molecular formula is C26H25F3O3. The number of hydrogen-bond acceptors (Lipinski definition) is 3. The minimum atomic E-state index is -4.72. The lowest BCUT2D eigenvalue weighted by atomic mass is 9.55. The Labute approximate surface area is 184 Å². The average Bonchev–Trinajstić information content (AvgIpc) is 2.98. The van der Waals surface area contributed by atoms with Crippen LogP contribution in [0.3, 0.4) is 0 Å². The van der Waals surface area contributed by atoms with Gasteiger partial charge in [-0.3, -0.25) is 4.79 Å². The predicted octanol–water partition coefficient (Wildman–Crippen LogP) is 6.41. The molecule has 0 aromatic heterocycles. The molecule has 3 nitrogen and oxygen atoms in total. The van der Waals surface area contributed by atoms with Gasteiger partial charge in [0.2, 0.25) is 0 Å². The van der Waals surface area contributed by atoms with Crippen LogP contribution in [-0.2, 0) is 11.2 Å². The number of hydrogen-bond donors (Lipinski definition) is 1. The third kappa shape index (κ3) is 3.59. The zero-order chi connectivity index (χ0) is 22.7. The van der Waals surface area contributed by atoms with Crippen LogP contribution in [0.25, 0.3) is 6.08 Å². The number of carbonyl (C=O) groups excluding carboxylic acids is 1. The molecule has 2 aromatic rings. The minimum Gasteiger partial charge on any atom is -0.508 e. The summed E-state index contributed by atoms with van der Waals surface area (Å²) in [5.41, 5.74) is 3.61. The highest BCUT2D eigenvalue weighted by Gasteiger charge is 2.56. The van der Waals surface area contributed by atoms with Gasteiger partial charge in [-0.25, -0.2) is 0 Å². The highest BCUT2D eigenvalue weighted by Crippen LogP contribution is 2.60. The third-order valence-electron chi connectivity index (χ3n) is 7.80. The Hall–Kier alpha value is -2.76. The summed E-state index contributed by atoms with van der Waals surface area (Å²) in [4.78, 5) is 13.4. The highest BCUT2D eigenvalue weighted by atomic mass is 19.4. The van der Waals surface area contributed by atoms with Crippen LogP contribution in [0.4, 0.5) is 13.2 Å². The van der Waals surface area contributed by atoms with Crippen LogP contribution in [0.15, 0.2) is 48.0 Å². The molecule has 0 saturated heterocycles. The summed E-state index contributed by atoms with van der Waals surface area (Å²) >= 11 is 0. The molecule has 168 valence electrons. The summed E-state index contributed by atoms with van der Waals surface area (Å²) in [5, 5.41) is 9.84. The summed E-state index contributed by atoms with van der Waals surface area (Å²) in [5.74, 6) is 1.29. The van der Waals surface area contributed by atoms with Crippen LogP contribution < -0.4 is 4.74 Å². The second-order valence-corrected chi connectivity index (χ2v) is 9.57. The van der Waals surface area contributed by atoms with E-state index in [9.17, 15) is 23.1 Å². The van der Waals surface area contributed by atoms with E-state index in [1.165, 1.54) is 23.3 Å². The van der Waals surface area contributed by atoms with E-state index in [2.05, 4.69) is 11.7 Å². The van der Waals surface area contributed by atoms with E-state index in [0.717, 1.165) is 31.3 Å². The number of ketones is 1. The molecule has 2 aromatic carbocycles. The Kier molecular flexibility index (Phi) is 4.88. The number of fused-ring (bicyclic) bond motifs is 5. The van der Waals surface area contributed by atoms with E-state index in [0.29, 0.717) is 29.6 Å². The van der Waals surface area contributed by atoms with E-state index >= 15 is 0 Å². The number of ether oxygens (including phenoxy) is 1.